The summed E-state index contributed by atoms with van der Waals surface area (Å²) in [5.74, 6) is -0.970. The Morgan fingerprint density at radius 2 is 1.21 bits per heavy atom. The number of carboxylic acids is 1. The highest BCUT2D eigenvalue weighted by Gasteiger charge is 1.96. The molecule has 0 aromatic heterocycles. The van der Waals surface area contributed by atoms with E-state index >= 15 is 0 Å². The van der Waals surface area contributed by atoms with Crippen molar-refractivity contribution in [1.82, 2.24) is 5.32 Å². The fourth-order valence-corrected chi connectivity index (χ4v) is 1.58. The molecule has 0 aliphatic rings. The van der Waals surface area contributed by atoms with Gasteiger partial charge in [-0.05, 0) is 6.42 Å². The number of unbranched alkanes of at least 4 members (excludes halogenated alkanes) is 1. The van der Waals surface area contributed by atoms with E-state index in [1.54, 1.807) is 0 Å². The van der Waals surface area contributed by atoms with E-state index in [0.717, 1.165) is 26.0 Å². The lowest BCUT2D eigenvalue weighted by molar-refractivity contribution is -0.142. The second kappa shape index (κ2) is 20.3. The molecule has 0 aromatic carbocycles. The van der Waals surface area contributed by atoms with Gasteiger partial charge in [-0.2, -0.15) is 0 Å². The Kier molecular flexibility index (Phi) is 19.6. The Bertz CT molecular complexity index is 267. The molecule has 0 aliphatic carbocycles. The highest BCUT2D eigenvalue weighted by atomic mass is 16.5. The van der Waals surface area contributed by atoms with Gasteiger partial charge in [-0.15, -0.1) is 0 Å². The summed E-state index contributed by atoms with van der Waals surface area (Å²) in [7, 11) is 0. The molecule has 0 radical (unpaired) electrons. The number of ether oxygens (including phenoxy) is 5. The minimum absolute atomic E-state index is 0.283. The first kappa shape index (κ1) is 23.2. The number of hydrogen-bond acceptors (Lipinski definition) is 7. The third-order valence-electron chi connectivity index (χ3n) is 2.83. The van der Waals surface area contributed by atoms with Crippen LogP contribution in [0, 0.1) is 0 Å². The lowest BCUT2D eigenvalue weighted by Crippen LogP contribution is -2.25. The summed E-state index contributed by atoms with van der Waals surface area (Å²) in [5.41, 5.74) is 0. The van der Waals surface area contributed by atoms with Crippen LogP contribution in [0.15, 0.2) is 0 Å². The SMILES string of the molecule is CCCCOCCOCCOCCNCCOCCOCC(=O)O. The van der Waals surface area contributed by atoms with Crippen LogP contribution >= 0.6 is 0 Å². The molecule has 2 N–H and O–H groups in total. The number of aliphatic carboxylic acids is 1. The van der Waals surface area contributed by atoms with E-state index in [1.165, 1.54) is 0 Å². The predicted octanol–water partition coefficient (Wildman–Crippen LogP) is 0.544. The van der Waals surface area contributed by atoms with Crippen molar-refractivity contribution < 1.29 is 33.6 Å². The van der Waals surface area contributed by atoms with Crippen molar-refractivity contribution in [2.24, 2.45) is 0 Å². The van der Waals surface area contributed by atoms with Crippen molar-refractivity contribution >= 4 is 5.97 Å². The maximum absolute atomic E-state index is 10.2. The Hall–Kier alpha value is -0.770. The molecule has 0 saturated heterocycles. The molecule has 0 atom stereocenters. The largest absolute Gasteiger partial charge is 0.480 e. The third-order valence-corrected chi connectivity index (χ3v) is 2.83. The molecule has 8 nitrogen and oxygen atoms in total. The van der Waals surface area contributed by atoms with E-state index < -0.39 is 5.97 Å². The van der Waals surface area contributed by atoms with Gasteiger partial charge in [0.2, 0.25) is 0 Å². The normalized spacial score (nSPS) is 11.0. The first-order valence-electron chi connectivity index (χ1n) is 8.58. The van der Waals surface area contributed by atoms with Crippen LogP contribution in [0.4, 0.5) is 0 Å². The first-order chi connectivity index (χ1) is 11.8. The molecular weight excluding hydrogens is 318 g/mol. The summed E-state index contributed by atoms with van der Waals surface area (Å²) in [4.78, 5) is 10.2. The molecule has 0 saturated carbocycles. The van der Waals surface area contributed by atoms with Gasteiger partial charge in [0, 0.05) is 19.7 Å². The van der Waals surface area contributed by atoms with Gasteiger partial charge >= 0.3 is 5.97 Å². The van der Waals surface area contributed by atoms with Gasteiger partial charge < -0.3 is 34.1 Å². The molecule has 8 heteroatoms. The molecule has 0 fully saturated rings. The summed E-state index contributed by atoms with van der Waals surface area (Å²) in [6.45, 7) is 8.40. The van der Waals surface area contributed by atoms with Crippen molar-refractivity contribution in [2.45, 2.75) is 19.8 Å². The van der Waals surface area contributed by atoms with E-state index in [2.05, 4.69) is 12.2 Å². The van der Waals surface area contributed by atoms with Gasteiger partial charge in [-0.1, -0.05) is 13.3 Å². The van der Waals surface area contributed by atoms with Crippen molar-refractivity contribution in [3.63, 3.8) is 0 Å². The molecule has 0 bridgehead atoms. The topological polar surface area (TPSA) is 95.5 Å². The molecule has 0 spiro atoms. The van der Waals surface area contributed by atoms with Crippen LogP contribution in [-0.2, 0) is 28.5 Å². The standard InChI is InChI=1S/C16H33NO7/c1-2-3-6-20-9-11-23-12-10-21-7-4-17-5-8-22-13-14-24-15-16(18)19/h17H,2-15H2,1H3,(H,18,19). The van der Waals surface area contributed by atoms with Crippen molar-refractivity contribution in [2.75, 3.05) is 79.2 Å². The van der Waals surface area contributed by atoms with Crippen molar-refractivity contribution in [3.8, 4) is 0 Å². The number of nitrogens with one attached hydrogen (secondary N) is 1. The highest BCUT2D eigenvalue weighted by molar-refractivity contribution is 5.67. The predicted molar refractivity (Wildman–Crippen MR) is 89.5 cm³/mol. The average Bonchev–Trinajstić information content (AvgIpc) is 2.56. The van der Waals surface area contributed by atoms with Crippen LogP contribution < -0.4 is 5.32 Å². The van der Waals surface area contributed by atoms with E-state index in [9.17, 15) is 4.79 Å². The molecule has 0 unspecified atom stereocenters. The highest BCUT2D eigenvalue weighted by Crippen LogP contribution is 1.88. The van der Waals surface area contributed by atoms with Crippen molar-refractivity contribution in [3.05, 3.63) is 0 Å². The lowest BCUT2D eigenvalue weighted by atomic mass is 10.4. The zero-order valence-corrected chi connectivity index (χ0v) is 14.8. The maximum atomic E-state index is 10.2. The van der Waals surface area contributed by atoms with Crippen LogP contribution in [0.25, 0.3) is 0 Å². The maximum Gasteiger partial charge on any atom is 0.329 e. The van der Waals surface area contributed by atoms with Gasteiger partial charge in [0.25, 0.3) is 0 Å². The number of carbonyl (C=O) groups is 1. The van der Waals surface area contributed by atoms with E-state index in [4.69, 9.17) is 28.8 Å². The smallest absolute Gasteiger partial charge is 0.329 e. The summed E-state index contributed by atoms with van der Waals surface area (Å²) >= 11 is 0. The quantitative estimate of drug-likeness (QED) is 0.307. The second-order valence-electron chi connectivity index (χ2n) is 5.00. The van der Waals surface area contributed by atoms with E-state index in [-0.39, 0.29) is 6.61 Å². The number of carboxylic acid groups (broad SMARTS) is 1. The minimum atomic E-state index is -0.970. The zero-order valence-electron chi connectivity index (χ0n) is 14.8. The molecule has 0 aromatic rings. The van der Waals surface area contributed by atoms with Crippen LogP contribution in [0.5, 0.6) is 0 Å². The molecule has 0 rings (SSSR count). The fourth-order valence-electron chi connectivity index (χ4n) is 1.58. The van der Waals surface area contributed by atoms with Gasteiger partial charge in [0.15, 0.2) is 0 Å². The van der Waals surface area contributed by atoms with Crippen molar-refractivity contribution in [1.29, 1.82) is 0 Å². The summed E-state index contributed by atoms with van der Waals surface area (Å²) in [6, 6.07) is 0. The zero-order chi connectivity index (χ0) is 17.7. The fraction of sp³-hybridized carbons (Fsp3) is 0.938. The lowest BCUT2D eigenvalue weighted by Gasteiger charge is -2.08. The van der Waals surface area contributed by atoms with Crippen LogP contribution in [-0.4, -0.2) is 90.2 Å². The second-order valence-corrected chi connectivity index (χ2v) is 5.00. The molecule has 0 amide bonds. The third kappa shape index (κ3) is 21.2. The molecule has 24 heavy (non-hydrogen) atoms. The van der Waals surface area contributed by atoms with Gasteiger partial charge in [-0.3, -0.25) is 0 Å². The number of rotatable bonds is 20. The monoisotopic (exact) mass is 351 g/mol. The van der Waals surface area contributed by atoms with Crippen LogP contribution in [0.1, 0.15) is 19.8 Å². The van der Waals surface area contributed by atoms with Gasteiger partial charge in [0.1, 0.15) is 6.61 Å². The minimum Gasteiger partial charge on any atom is -0.480 e. The first-order valence-corrected chi connectivity index (χ1v) is 8.58. The molecule has 0 heterocycles. The van der Waals surface area contributed by atoms with Crippen LogP contribution in [0.3, 0.4) is 0 Å². The summed E-state index contributed by atoms with van der Waals surface area (Å²) in [5, 5.41) is 11.5. The number of hydrogen-bond donors (Lipinski definition) is 2. The summed E-state index contributed by atoms with van der Waals surface area (Å²) in [6.07, 6.45) is 2.25. The Morgan fingerprint density at radius 1 is 0.750 bits per heavy atom. The molecule has 0 aliphatic heterocycles. The Labute approximate surface area is 144 Å². The van der Waals surface area contributed by atoms with E-state index in [1.807, 2.05) is 0 Å². The van der Waals surface area contributed by atoms with Gasteiger partial charge in [-0.25, -0.2) is 4.79 Å². The van der Waals surface area contributed by atoms with E-state index in [0.29, 0.717) is 59.4 Å². The van der Waals surface area contributed by atoms with Crippen LogP contribution in [0.2, 0.25) is 0 Å². The summed E-state index contributed by atoms with van der Waals surface area (Å²) < 4.78 is 26.3. The Morgan fingerprint density at radius 3 is 1.71 bits per heavy atom. The Balaban J connectivity index is 2.97. The molecular formula is C16H33NO7. The molecule has 144 valence electrons. The average molecular weight is 351 g/mol. The van der Waals surface area contributed by atoms with Gasteiger partial charge in [0.05, 0.1) is 52.9 Å².